The molecular weight excluding hydrogens is 230 g/mol. The molecule has 3 rings (SSSR count). The van der Waals surface area contributed by atoms with Crippen LogP contribution in [0, 0.1) is 0 Å². The molecule has 90 valence electrons. The Labute approximate surface area is 105 Å². The van der Waals surface area contributed by atoms with Crippen LogP contribution in [0.5, 0.6) is 0 Å². The Hall–Kier alpha value is -1.13. The number of anilines is 1. The number of thiazole rings is 1. The van der Waals surface area contributed by atoms with Crippen LogP contribution >= 0.6 is 11.3 Å². The average molecular weight is 247 g/mol. The van der Waals surface area contributed by atoms with E-state index in [1.165, 1.54) is 35.9 Å². The highest BCUT2D eigenvalue weighted by atomic mass is 32.1. The van der Waals surface area contributed by atoms with Gasteiger partial charge in [-0.1, -0.05) is 30.2 Å². The lowest BCUT2D eigenvalue weighted by Crippen LogP contribution is -2.25. The third kappa shape index (κ3) is 2.42. The summed E-state index contributed by atoms with van der Waals surface area (Å²) in [6.07, 6.45) is 5.41. The number of hydrogen-bond acceptors (Lipinski definition) is 4. The van der Waals surface area contributed by atoms with Gasteiger partial charge in [-0.15, -0.1) is 0 Å². The number of nitrogens with two attached hydrogens (primary N) is 1. The lowest BCUT2D eigenvalue weighted by molar-refractivity contribution is 0.524. The second-order valence-electron chi connectivity index (χ2n) is 4.72. The Bertz CT molecular complexity index is 514. The predicted octanol–water partition coefficient (Wildman–Crippen LogP) is 2.91. The van der Waals surface area contributed by atoms with Crippen molar-refractivity contribution < 1.29 is 0 Å². The van der Waals surface area contributed by atoms with Gasteiger partial charge in [-0.25, -0.2) is 4.98 Å². The molecule has 1 aliphatic carbocycles. The molecule has 1 aromatic heterocycles. The van der Waals surface area contributed by atoms with Gasteiger partial charge in [0.25, 0.3) is 0 Å². The van der Waals surface area contributed by atoms with Gasteiger partial charge in [-0.05, 0) is 30.5 Å². The molecule has 2 aromatic rings. The second kappa shape index (κ2) is 4.63. The molecule has 1 heterocycles. The summed E-state index contributed by atoms with van der Waals surface area (Å²) in [5.74, 6) is 0. The van der Waals surface area contributed by atoms with E-state index in [0.29, 0.717) is 5.13 Å². The van der Waals surface area contributed by atoms with Crippen molar-refractivity contribution in [1.29, 1.82) is 0 Å². The van der Waals surface area contributed by atoms with E-state index in [9.17, 15) is 0 Å². The van der Waals surface area contributed by atoms with Gasteiger partial charge in [0.2, 0.25) is 0 Å². The zero-order valence-electron chi connectivity index (χ0n) is 9.78. The van der Waals surface area contributed by atoms with Crippen LogP contribution in [0.4, 0.5) is 5.13 Å². The summed E-state index contributed by atoms with van der Waals surface area (Å²) >= 11 is 1.56. The Balaban J connectivity index is 1.71. The van der Waals surface area contributed by atoms with Crippen LogP contribution in [0.25, 0.3) is 10.2 Å². The van der Waals surface area contributed by atoms with Crippen LogP contribution in [-0.4, -0.2) is 11.0 Å². The fraction of sp³-hybridized carbons (Fsp3) is 0.462. The first-order valence-electron chi connectivity index (χ1n) is 6.19. The van der Waals surface area contributed by atoms with E-state index in [-0.39, 0.29) is 0 Å². The summed E-state index contributed by atoms with van der Waals surface area (Å²) < 4.78 is 1.19. The Morgan fingerprint density at radius 2 is 2.18 bits per heavy atom. The smallest absolute Gasteiger partial charge is 0.181 e. The maximum Gasteiger partial charge on any atom is 0.181 e. The van der Waals surface area contributed by atoms with Crippen LogP contribution in [0.1, 0.15) is 31.2 Å². The molecule has 1 fully saturated rings. The molecule has 3 N–H and O–H groups in total. The molecule has 1 aliphatic rings. The predicted molar refractivity (Wildman–Crippen MR) is 73.1 cm³/mol. The molecule has 0 radical (unpaired) electrons. The fourth-order valence-electron chi connectivity index (χ4n) is 2.49. The first kappa shape index (κ1) is 11.0. The molecule has 0 aliphatic heterocycles. The monoisotopic (exact) mass is 247 g/mol. The van der Waals surface area contributed by atoms with Crippen molar-refractivity contribution in [2.45, 2.75) is 38.3 Å². The molecule has 1 aromatic carbocycles. The maximum atomic E-state index is 5.71. The maximum absolute atomic E-state index is 5.71. The van der Waals surface area contributed by atoms with Gasteiger partial charge in [0, 0.05) is 12.6 Å². The van der Waals surface area contributed by atoms with Crippen LogP contribution in [0.3, 0.4) is 0 Å². The minimum atomic E-state index is 0.654. The summed E-state index contributed by atoms with van der Waals surface area (Å²) in [7, 11) is 0. The van der Waals surface area contributed by atoms with E-state index in [1.807, 2.05) is 0 Å². The van der Waals surface area contributed by atoms with Crippen molar-refractivity contribution in [3.8, 4) is 0 Å². The van der Waals surface area contributed by atoms with Crippen molar-refractivity contribution in [2.24, 2.45) is 0 Å². The minimum Gasteiger partial charge on any atom is -0.375 e. The number of nitrogens with zero attached hydrogens (tertiary/aromatic N) is 1. The molecule has 1 saturated carbocycles. The average Bonchev–Trinajstić information content (AvgIpc) is 2.92. The Morgan fingerprint density at radius 3 is 3.00 bits per heavy atom. The van der Waals surface area contributed by atoms with Crippen molar-refractivity contribution in [3.63, 3.8) is 0 Å². The van der Waals surface area contributed by atoms with Crippen molar-refractivity contribution in [1.82, 2.24) is 10.3 Å². The van der Waals surface area contributed by atoms with E-state index in [0.717, 1.165) is 18.1 Å². The molecule has 0 spiro atoms. The van der Waals surface area contributed by atoms with Gasteiger partial charge in [-0.3, -0.25) is 0 Å². The second-order valence-corrected chi connectivity index (χ2v) is 5.78. The summed E-state index contributed by atoms with van der Waals surface area (Å²) in [5.41, 5.74) is 8.04. The zero-order chi connectivity index (χ0) is 11.7. The molecule has 0 atom stereocenters. The molecule has 0 bridgehead atoms. The minimum absolute atomic E-state index is 0.654. The number of nitrogens with one attached hydrogen (secondary N) is 1. The molecule has 0 unspecified atom stereocenters. The summed E-state index contributed by atoms with van der Waals surface area (Å²) in [5, 5.41) is 4.28. The molecule has 0 saturated heterocycles. The highest BCUT2D eigenvalue weighted by Gasteiger charge is 2.13. The van der Waals surface area contributed by atoms with Crippen molar-refractivity contribution >= 4 is 26.7 Å². The molecule has 0 amide bonds. The van der Waals surface area contributed by atoms with E-state index < -0.39 is 0 Å². The van der Waals surface area contributed by atoms with Gasteiger partial charge in [0.1, 0.15) is 0 Å². The number of nitrogen functional groups attached to an aromatic ring is 1. The topological polar surface area (TPSA) is 50.9 Å². The van der Waals surface area contributed by atoms with Gasteiger partial charge >= 0.3 is 0 Å². The van der Waals surface area contributed by atoms with E-state index in [1.54, 1.807) is 11.3 Å². The van der Waals surface area contributed by atoms with Gasteiger partial charge in [-0.2, -0.15) is 0 Å². The first-order valence-corrected chi connectivity index (χ1v) is 7.01. The quantitative estimate of drug-likeness (QED) is 0.877. The van der Waals surface area contributed by atoms with Gasteiger partial charge in [0.15, 0.2) is 5.13 Å². The third-order valence-electron chi connectivity index (χ3n) is 3.42. The number of hydrogen-bond donors (Lipinski definition) is 2. The first-order chi connectivity index (χ1) is 8.31. The van der Waals surface area contributed by atoms with Crippen LogP contribution in [0.2, 0.25) is 0 Å². The summed E-state index contributed by atoms with van der Waals surface area (Å²) in [4.78, 5) is 4.27. The number of rotatable bonds is 3. The number of aromatic nitrogens is 1. The van der Waals surface area contributed by atoms with Gasteiger partial charge in [0.05, 0.1) is 10.2 Å². The van der Waals surface area contributed by atoms with Crippen LogP contribution in [-0.2, 0) is 6.54 Å². The molecule has 3 nitrogen and oxygen atoms in total. The lowest BCUT2D eigenvalue weighted by Gasteiger charge is -2.11. The highest BCUT2D eigenvalue weighted by Crippen LogP contribution is 2.25. The lowest BCUT2D eigenvalue weighted by atomic mass is 10.2. The standard InChI is InChI=1S/C13H17N3S/c14-13-16-11-6-5-9(7-12(11)17-13)8-15-10-3-1-2-4-10/h5-7,10,15H,1-4,8H2,(H2,14,16). The largest absolute Gasteiger partial charge is 0.375 e. The van der Waals surface area contributed by atoms with Crippen molar-refractivity contribution in [3.05, 3.63) is 23.8 Å². The number of fused-ring (bicyclic) bond motifs is 1. The highest BCUT2D eigenvalue weighted by molar-refractivity contribution is 7.22. The molecular formula is C13H17N3S. The molecule has 4 heteroatoms. The Kier molecular flexibility index (Phi) is 2.99. The van der Waals surface area contributed by atoms with Crippen LogP contribution < -0.4 is 11.1 Å². The van der Waals surface area contributed by atoms with E-state index in [4.69, 9.17) is 5.73 Å². The fourth-order valence-corrected chi connectivity index (χ4v) is 3.29. The SMILES string of the molecule is Nc1nc2ccc(CNC3CCCC3)cc2s1. The summed E-state index contributed by atoms with van der Waals surface area (Å²) in [6.45, 7) is 0.957. The molecule has 17 heavy (non-hydrogen) atoms. The Morgan fingerprint density at radius 1 is 1.35 bits per heavy atom. The van der Waals surface area contributed by atoms with E-state index >= 15 is 0 Å². The zero-order valence-corrected chi connectivity index (χ0v) is 10.6. The van der Waals surface area contributed by atoms with Gasteiger partial charge < -0.3 is 11.1 Å². The summed E-state index contributed by atoms with van der Waals surface area (Å²) in [6, 6.07) is 7.13. The van der Waals surface area contributed by atoms with E-state index in [2.05, 4.69) is 28.5 Å². The number of benzene rings is 1. The normalized spacial score (nSPS) is 16.9. The van der Waals surface area contributed by atoms with Crippen LogP contribution in [0.15, 0.2) is 18.2 Å². The third-order valence-corrected chi connectivity index (χ3v) is 4.27. The van der Waals surface area contributed by atoms with Crippen molar-refractivity contribution in [2.75, 3.05) is 5.73 Å².